The van der Waals surface area contributed by atoms with Crippen molar-refractivity contribution >= 4 is 5.91 Å². The van der Waals surface area contributed by atoms with Gasteiger partial charge in [0.05, 0.1) is 5.69 Å². The van der Waals surface area contributed by atoms with E-state index < -0.39 is 6.04 Å². The second-order valence-corrected chi connectivity index (χ2v) is 7.87. The number of hydrogen-bond donors (Lipinski definition) is 0. The fourth-order valence-corrected chi connectivity index (χ4v) is 4.05. The summed E-state index contributed by atoms with van der Waals surface area (Å²) in [5.74, 6) is 0.539. The quantitative estimate of drug-likeness (QED) is 0.656. The van der Waals surface area contributed by atoms with Crippen molar-refractivity contribution < 1.29 is 4.79 Å². The van der Waals surface area contributed by atoms with Gasteiger partial charge in [-0.3, -0.25) is 14.6 Å². The van der Waals surface area contributed by atoms with E-state index >= 15 is 0 Å². The third-order valence-electron chi connectivity index (χ3n) is 5.82. The maximum absolute atomic E-state index is 13.1. The van der Waals surface area contributed by atoms with E-state index in [1.807, 2.05) is 23.1 Å². The first-order chi connectivity index (χ1) is 14.6. The Bertz CT molecular complexity index is 1040. The number of rotatable bonds is 5. The molecule has 4 rings (SSSR count). The molecule has 1 aromatic carbocycles. The van der Waals surface area contributed by atoms with Gasteiger partial charge in [-0.05, 0) is 55.9 Å². The summed E-state index contributed by atoms with van der Waals surface area (Å²) in [6.45, 7) is 3.20. The van der Waals surface area contributed by atoms with E-state index in [9.17, 15) is 9.59 Å². The lowest BCUT2D eigenvalue weighted by Gasteiger charge is -2.33. The highest BCUT2D eigenvalue weighted by atomic mass is 16.2. The van der Waals surface area contributed by atoms with Crippen LogP contribution in [0.5, 0.6) is 0 Å². The molecule has 1 fully saturated rings. The second kappa shape index (κ2) is 9.03. The van der Waals surface area contributed by atoms with Gasteiger partial charge in [-0.25, -0.2) is 4.68 Å². The Balaban J connectivity index is 1.42. The number of piperidine rings is 1. The number of likely N-dealkylation sites (tertiary alicyclic amines) is 1. The average molecular weight is 402 g/mol. The monoisotopic (exact) mass is 402 g/mol. The molecule has 6 nitrogen and oxygen atoms in total. The summed E-state index contributed by atoms with van der Waals surface area (Å²) in [5.41, 5.74) is 2.59. The minimum absolute atomic E-state index is 0.0466. The normalized spacial score (nSPS) is 15.7. The van der Waals surface area contributed by atoms with Crippen LogP contribution in [0.1, 0.15) is 31.4 Å². The number of hydrogen-bond acceptors (Lipinski definition) is 4. The van der Waals surface area contributed by atoms with Gasteiger partial charge in [0, 0.05) is 37.1 Å². The van der Waals surface area contributed by atoms with Crippen LogP contribution in [-0.2, 0) is 11.2 Å². The molecule has 0 N–H and O–H groups in total. The van der Waals surface area contributed by atoms with Gasteiger partial charge in [-0.2, -0.15) is 5.10 Å². The maximum Gasteiger partial charge on any atom is 0.267 e. The zero-order chi connectivity index (χ0) is 20.9. The standard InChI is InChI=1S/C24H26N4O2/c1-18(28-23(29)8-7-22(26-28)21-9-13-25-14-10-21)24(30)27-15-11-20(12-16-27)17-19-5-3-2-4-6-19/h2-10,13-14,18,20H,11-12,15-17H2,1H3. The SMILES string of the molecule is CC(C(=O)N1CCC(Cc2ccccc2)CC1)n1nc(-c2ccncc2)ccc1=O. The summed E-state index contributed by atoms with van der Waals surface area (Å²) in [6, 6.07) is 16.7. The number of benzene rings is 1. The highest BCUT2D eigenvalue weighted by Crippen LogP contribution is 2.23. The predicted octanol–water partition coefficient (Wildman–Crippen LogP) is 3.35. The van der Waals surface area contributed by atoms with Crippen molar-refractivity contribution in [2.45, 2.75) is 32.2 Å². The first kappa shape index (κ1) is 20.0. The highest BCUT2D eigenvalue weighted by molar-refractivity contribution is 5.80. The van der Waals surface area contributed by atoms with E-state index in [1.54, 1.807) is 25.4 Å². The van der Waals surface area contributed by atoms with E-state index in [0.717, 1.165) is 37.9 Å². The summed E-state index contributed by atoms with van der Waals surface area (Å²) in [5, 5.41) is 4.46. The summed E-state index contributed by atoms with van der Waals surface area (Å²) in [6.07, 6.45) is 6.37. The minimum atomic E-state index is -0.634. The number of carbonyl (C=O) groups excluding carboxylic acids is 1. The van der Waals surface area contributed by atoms with Crippen molar-refractivity contribution in [3.63, 3.8) is 0 Å². The molecule has 6 heteroatoms. The molecular weight excluding hydrogens is 376 g/mol. The summed E-state index contributed by atoms with van der Waals surface area (Å²) in [7, 11) is 0. The average Bonchev–Trinajstić information content (AvgIpc) is 2.80. The van der Waals surface area contributed by atoms with E-state index in [4.69, 9.17) is 0 Å². The van der Waals surface area contributed by atoms with E-state index in [2.05, 4.69) is 34.3 Å². The van der Waals surface area contributed by atoms with Crippen LogP contribution in [0.3, 0.4) is 0 Å². The van der Waals surface area contributed by atoms with Gasteiger partial charge in [0.25, 0.3) is 5.56 Å². The van der Waals surface area contributed by atoms with Crippen LogP contribution < -0.4 is 5.56 Å². The van der Waals surface area contributed by atoms with Gasteiger partial charge < -0.3 is 4.90 Å². The molecular formula is C24H26N4O2. The van der Waals surface area contributed by atoms with Gasteiger partial charge >= 0.3 is 0 Å². The van der Waals surface area contributed by atoms with Gasteiger partial charge in [0.15, 0.2) is 0 Å². The van der Waals surface area contributed by atoms with Crippen molar-refractivity contribution in [2.75, 3.05) is 13.1 Å². The Morgan fingerprint density at radius 1 is 1.03 bits per heavy atom. The molecule has 0 radical (unpaired) electrons. The molecule has 0 bridgehead atoms. The van der Waals surface area contributed by atoms with Gasteiger partial charge in [0.1, 0.15) is 6.04 Å². The Morgan fingerprint density at radius 2 is 1.73 bits per heavy atom. The fourth-order valence-electron chi connectivity index (χ4n) is 4.05. The molecule has 154 valence electrons. The Kier molecular flexibility index (Phi) is 6.02. The lowest BCUT2D eigenvalue weighted by molar-refractivity contribution is -0.136. The summed E-state index contributed by atoms with van der Waals surface area (Å²) in [4.78, 5) is 31.4. The van der Waals surface area contributed by atoms with Crippen LogP contribution in [0.25, 0.3) is 11.3 Å². The number of amides is 1. The molecule has 0 spiro atoms. The fraction of sp³-hybridized carbons (Fsp3) is 0.333. The molecule has 3 aromatic rings. The van der Waals surface area contributed by atoms with Crippen LogP contribution in [0.4, 0.5) is 0 Å². The van der Waals surface area contributed by atoms with Crippen molar-refractivity contribution in [3.05, 3.63) is 82.9 Å². The first-order valence-electron chi connectivity index (χ1n) is 10.4. The van der Waals surface area contributed by atoms with Crippen molar-refractivity contribution in [1.29, 1.82) is 0 Å². The zero-order valence-electron chi connectivity index (χ0n) is 17.1. The summed E-state index contributed by atoms with van der Waals surface area (Å²) >= 11 is 0. The van der Waals surface area contributed by atoms with E-state index in [0.29, 0.717) is 11.6 Å². The molecule has 0 saturated carbocycles. The van der Waals surface area contributed by atoms with E-state index in [-0.39, 0.29) is 11.5 Å². The zero-order valence-corrected chi connectivity index (χ0v) is 17.1. The number of aromatic nitrogens is 3. The Morgan fingerprint density at radius 3 is 2.43 bits per heavy atom. The number of pyridine rings is 1. The van der Waals surface area contributed by atoms with Crippen LogP contribution in [-0.4, -0.2) is 38.7 Å². The smallest absolute Gasteiger partial charge is 0.267 e. The minimum Gasteiger partial charge on any atom is -0.341 e. The molecule has 30 heavy (non-hydrogen) atoms. The molecule has 3 heterocycles. The van der Waals surface area contributed by atoms with Crippen LogP contribution in [0.15, 0.2) is 71.8 Å². The van der Waals surface area contributed by atoms with Gasteiger partial charge in [-0.1, -0.05) is 30.3 Å². The highest BCUT2D eigenvalue weighted by Gasteiger charge is 2.28. The van der Waals surface area contributed by atoms with Crippen molar-refractivity contribution in [3.8, 4) is 11.3 Å². The van der Waals surface area contributed by atoms with E-state index in [1.165, 1.54) is 16.3 Å². The molecule has 1 unspecified atom stereocenters. The summed E-state index contributed by atoms with van der Waals surface area (Å²) < 4.78 is 1.30. The third kappa shape index (κ3) is 4.48. The van der Waals surface area contributed by atoms with Gasteiger partial charge in [-0.15, -0.1) is 0 Å². The molecule has 2 aromatic heterocycles. The molecule has 1 amide bonds. The molecule has 1 aliphatic rings. The lowest BCUT2D eigenvalue weighted by Crippen LogP contribution is -2.44. The maximum atomic E-state index is 13.1. The van der Waals surface area contributed by atoms with Gasteiger partial charge in [0.2, 0.25) is 5.91 Å². The van der Waals surface area contributed by atoms with Crippen LogP contribution in [0.2, 0.25) is 0 Å². The second-order valence-electron chi connectivity index (χ2n) is 7.87. The number of carbonyl (C=O) groups is 1. The third-order valence-corrected chi connectivity index (χ3v) is 5.82. The van der Waals surface area contributed by atoms with Crippen molar-refractivity contribution in [2.24, 2.45) is 5.92 Å². The first-order valence-corrected chi connectivity index (χ1v) is 10.4. The van der Waals surface area contributed by atoms with Crippen molar-refractivity contribution in [1.82, 2.24) is 19.7 Å². The Hall–Kier alpha value is -3.28. The lowest BCUT2D eigenvalue weighted by atomic mass is 9.90. The molecule has 1 saturated heterocycles. The van der Waals surface area contributed by atoms with Crippen LogP contribution in [0, 0.1) is 5.92 Å². The molecule has 0 aliphatic carbocycles. The topological polar surface area (TPSA) is 68.1 Å². The van der Waals surface area contributed by atoms with Crippen LogP contribution >= 0.6 is 0 Å². The number of nitrogens with zero attached hydrogens (tertiary/aromatic N) is 4. The largest absolute Gasteiger partial charge is 0.341 e. The molecule has 1 atom stereocenters. The predicted molar refractivity (Wildman–Crippen MR) is 116 cm³/mol. The molecule has 1 aliphatic heterocycles. The Labute approximate surface area is 176 Å².